The molecule has 0 bridgehead atoms. The van der Waals surface area contributed by atoms with Crippen LogP contribution in [0.15, 0.2) is 54.7 Å². The van der Waals surface area contributed by atoms with Gasteiger partial charge in [-0.05, 0) is 55.2 Å². The first-order chi connectivity index (χ1) is 13.6. The van der Waals surface area contributed by atoms with Gasteiger partial charge in [0.2, 0.25) is 0 Å². The van der Waals surface area contributed by atoms with Crippen LogP contribution in [-0.2, 0) is 0 Å². The predicted molar refractivity (Wildman–Crippen MR) is 111 cm³/mol. The number of nitrogens with zero attached hydrogens (tertiary/aromatic N) is 1. The number of nitrogens with one attached hydrogen (secondary N) is 2. The largest absolute Gasteiger partial charge is 0.361 e. The smallest absolute Gasteiger partial charge is 0.253 e. The van der Waals surface area contributed by atoms with Gasteiger partial charge >= 0.3 is 0 Å². The maximum absolute atomic E-state index is 12.9. The summed E-state index contributed by atoms with van der Waals surface area (Å²) in [6.07, 6.45) is 3.80. The number of H-pyrrole nitrogens is 1. The molecule has 0 radical (unpaired) electrons. The number of likely N-dealkylation sites (tertiary alicyclic amines) is 1. The number of aromatic amines is 1. The number of aromatic nitrogens is 1. The van der Waals surface area contributed by atoms with Crippen LogP contribution in [0.3, 0.4) is 0 Å². The highest BCUT2D eigenvalue weighted by atomic mass is 35.5. The summed E-state index contributed by atoms with van der Waals surface area (Å²) < 4.78 is 0. The molecule has 0 saturated carbocycles. The van der Waals surface area contributed by atoms with E-state index in [4.69, 9.17) is 11.6 Å². The Balaban J connectivity index is 1.38. The molecule has 0 unspecified atom stereocenters. The third kappa shape index (κ3) is 3.90. The lowest BCUT2D eigenvalue weighted by molar-refractivity contribution is 0.0671. The van der Waals surface area contributed by atoms with Gasteiger partial charge in [0, 0.05) is 42.3 Å². The van der Waals surface area contributed by atoms with Gasteiger partial charge in [-0.25, -0.2) is 0 Å². The van der Waals surface area contributed by atoms with E-state index >= 15 is 0 Å². The van der Waals surface area contributed by atoms with Crippen molar-refractivity contribution in [3.05, 3.63) is 70.9 Å². The fourth-order valence-electron chi connectivity index (χ4n) is 3.76. The van der Waals surface area contributed by atoms with Crippen molar-refractivity contribution in [2.45, 2.75) is 12.8 Å². The van der Waals surface area contributed by atoms with Crippen LogP contribution in [0.2, 0.25) is 5.02 Å². The molecule has 1 aromatic heterocycles. The Labute approximate surface area is 168 Å². The zero-order valence-electron chi connectivity index (χ0n) is 15.5. The highest BCUT2D eigenvalue weighted by Gasteiger charge is 2.25. The quantitative estimate of drug-likeness (QED) is 0.698. The lowest BCUT2D eigenvalue weighted by Crippen LogP contribution is -2.43. The van der Waals surface area contributed by atoms with Gasteiger partial charge in [-0.3, -0.25) is 9.59 Å². The van der Waals surface area contributed by atoms with Gasteiger partial charge in [0.15, 0.2) is 0 Å². The number of hydrogen-bond acceptors (Lipinski definition) is 2. The molecule has 3 aromatic rings. The van der Waals surface area contributed by atoms with Crippen LogP contribution in [-0.4, -0.2) is 41.3 Å². The van der Waals surface area contributed by atoms with Gasteiger partial charge < -0.3 is 15.2 Å². The first-order valence-corrected chi connectivity index (χ1v) is 9.89. The highest BCUT2D eigenvalue weighted by molar-refractivity contribution is 6.33. The molecule has 1 aliphatic heterocycles. The fraction of sp³-hybridized carbons (Fsp3) is 0.273. The number of amides is 2. The summed E-state index contributed by atoms with van der Waals surface area (Å²) in [6.45, 7) is 1.93. The second kappa shape index (κ2) is 8.07. The summed E-state index contributed by atoms with van der Waals surface area (Å²) in [5.74, 6) is 0.109. The fourth-order valence-corrected chi connectivity index (χ4v) is 3.98. The molecule has 1 atom stereocenters. The molecule has 28 heavy (non-hydrogen) atoms. The van der Waals surface area contributed by atoms with Crippen molar-refractivity contribution < 1.29 is 9.59 Å². The van der Waals surface area contributed by atoms with E-state index in [1.807, 2.05) is 35.4 Å². The number of carbonyl (C=O) groups is 2. The molecule has 6 heteroatoms. The van der Waals surface area contributed by atoms with Crippen LogP contribution in [0.5, 0.6) is 0 Å². The van der Waals surface area contributed by atoms with Crippen LogP contribution in [0.1, 0.15) is 33.6 Å². The van der Waals surface area contributed by atoms with E-state index in [2.05, 4.69) is 10.3 Å². The molecular formula is C22H22ClN3O2. The van der Waals surface area contributed by atoms with Crippen LogP contribution < -0.4 is 5.32 Å². The molecular weight excluding hydrogens is 374 g/mol. The molecule has 1 fully saturated rings. The number of carbonyl (C=O) groups excluding carboxylic acids is 2. The van der Waals surface area contributed by atoms with E-state index in [1.165, 1.54) is 0 Å². The zero-order chi connectivity index (χ0) is 19.5. The number of hydrogen-bond donors (Lipinski definition) is 2. The SMILES string of the molecule is O=C(NC[C@H]1CCCN(C(=O)c2ccc3[nH]ccc3c2)C1)c1ccccc1Cl. The standard InChI is InChI=1S/C22H22ClN3O2/c23-19-6-2-1-5-18(19)21(27)25-13-15-4-3-11-26(14-15)22(28)17-7-8-20-16(12-17)9-10-24-20/h1-2,5-10,12,15,24H,3-4,11,13-14H2,(H,25,27)/t15-/m1/s1. The van der Waals surface area contributed by atoms with Crippen molar-refractivity contribution in [3.8, 4) is 0 Å². The van der Waals surface area contributed by atoms with E-state index < -0.39 is 0 Å². The van der Waals surface area contributed by atoms with Gasteiger partial charge in [-0.15, -0.1) is 0 Å². The molecule has 1 saturated heterocycles. The minimum absolute atomic E-state index is 0.0465. The summed E-state index contributed by atoms with van der Waals surface area (Å²) in [5.41, 5.74) is 2.20. The average molecular weight is 396 g/mol. The summed E-state index contributed by atoms with van der Waals surface area (Å²) >= 11 is 6.09. The number of halogens is 1. The molecule has 1 aliphatic rings. The Hall–Kier alpha value is -2.79. The Bertz CT molecular complexity index is 1010. The molecule has 0 spiro atoms. The van der Waals surface area contributed by atoms with Gasteiger partial charge in [0.1, 0.15) is 0 Å². The van der Waals surface area contributed by atoms with E-state index in [0.29, 0.717) is 29.2 Å². The third-order valence-electron chi connectivity index (χ3n) is 5.28. The monoisotopic (exact) mass is 395 g/mol. The van der Waals surface area contributed by atoms with Crippen molar-refractivity contribution in [1.29, 1.82) is 0 Å². The van der Waals surface area contributed by atoms with E-state index in [1.54, 1.807) is 24.3 Å². The van der Waals surface area contributed by atoms with Crippen molar-refractivity contribution in [2.75, 3.05) is 19.6 Å². The molecule has 144 valence electrons. The Morgan fingerprint density at radius 1 is 1.18 bits per heavy atom. The lowest BCUT2D eigenvalue weighted by Gasteiger charge is -2.33. The maximum atomic E-state index is 12.9. The summed E-state index contributed by atoms with van der Waals surface area (Å²) in [6, 6.07) is 14.7. The van der Waals surface area contributed by atoms with Gasteiger partial charge in [0.25, 0.3) is 11.8 Å². The van der Waals surface area contributed by atoms with Gasteiger partial charge in [-0.2, -0.15) is 0 Å². The second-order valence-electron chi connectivity index (χ2n) is 7.23. The summed E-state index contributed by atoms with van der Waals surface area (Å²) in [4.78, 5) is 30.3. The molecule has 0 aliphatic carbocycles. The zero-order valence-corrected chi connectivity index (χ0v) is 16.2. The molecule has 2 N–H and O–H groups in total. The molecule has 2 aromatic carbocycles. The van der Waals surface area contributed by atoms with Crippen LogP contribution >= 0.6 is 11.6 Å². The van der Waals surface area contributed by atoms with Crippen LogP contribution in [0.25, 0.3) is 10.9 Å². The highest BCUT2D eigenvalue weighted by Crippen LogP contribution is 2.21. The van der Waals surface area contributed by atoms with Crippen molar-refractivity contribution in [1.82, 2.24) is 15.2 Å². The third-order valence-corrected chi connectivity index (χ3v) is 5.61. The second-order valence-corrected chi connectivity index (χ2v) is 7.64. The first-order valence-electron chi connectivity index (χ1n) is 9.51. The van der Waals surface area contributed by atoms with Gasteiger partial charge in [-0.1, -0.05) is 23.7 Å². The van der Waals surface area contributed by atoms with Crippen molar-refractivity contribution >= 4 is 34.3 Å². The average Bonchev–Trinajstić information content (AvgIpc) is 3.20. The topological polar surface area (TPSA) is 65.2 Å². The molecule has 2 amide bonds. The van der Waals surface area contributed by atoms with Crippen LogP contribution in [0.4, 0.5) is 0 Å². The Morgan fingerprint density at radius 2 is 2.04 bits per heavy atom. The van der Waals surface area contributed by atoms with Crippen molar-refractivity contribution in [2.24, 2.45) is 5.92 Å². The number of fused-ring (bicyclic) bond motifs is 1. The summed E-state index contributed by atoms with van der Waals surface area (Å²) in [7, 11) is 0. The van der Waals surface area contributed by atoms with E-state index in [9.17, 15) is 9.59 Å². The normalized spacial score (nSPS) is 16.9. The minimum atomic E-state index is -0.174. The summed E-state index contributed by atoms with van der Waals surface area (Å²) in [5, 5.41) is 4.44. The van der Waals surface area contributed by atoms with E-state index in [0.717, 1.165) is 30.3 Å². The molecule has 5 nitrogen and oxygen atoms in total. The van der Waals surface area contributed by atoms with Crippen LogP contribution in [0, 0.1) is 5.92 Å². The first kappa shape index (κ1) is 18.6. The minimum Gasteiger partial charge on any atom is -0.361 e. The number of piperidine rings is 1. The Kier molecular flexibility index (Phi) is 5.35. The van der Waals surface area contributed by atoms with Gasteiger partial charge in [0.05, 0.1) is 10.6 Å². The Morgan fingerprint density at radius 3 is 2.89 bits per heavy atom. The predicted octanol–water partition coefficient (Wildman–Crippen LogP) is 4.10. The molecule has 4 rings (SSSR count). The number of rotatable bonds is 4. The van der Waals surface area contributed by atoms with Crippen molar-refractivity contribution in [3.63, 3.8) is 0 Å². The maximum Gasteiger partial charge on any atom is 0.253 e. The molecule has 2 heterocycles. The lowest BCUT2D eigenvalue weighted by atomic mass is 9.97. The van der Waals surface area contributed by atoms with E-state index in [-0.39, 0.29) is 17.7 Å². The number of benzene rings is 2.